The molecule has 0 saturated carbocycles. The number of aryl methyl sites for hydroxylation is 1. The summed E-state index contributed by atoms with van der Waals surface area (Å²) in [5.41, 5.74) is 0.297. The van der Waals surface area contributed by atoms with Crippen LogP contribution in [0.5, 0.6) is 0 Å². The molecule has 1 aromatic rings. The van der Waals surface area contributed by atoms with Crippen LogP contribution in [0.3, 0.4) is 0 Å². The third-order valence-corrected chi connectivity index (χ3v) is 4.62. The largest absolute Gasteiger partial charge is 0.381 e. The predicted molar refractivity (Wildman–Crippen MR) is 74.4 cm³/mol. The molecule has 0 aromatic carbocycles. The van der Waals surface area contributed by atoms with E-state index in [1.165, 1.54) is 12.3 Å². The first kappa shape index (κ1) is 15.3. The lowest BCUT2D eigenvalue weighted by atomic mass is 10.1. The maximum Gasteiger partial charge on any atom is 0.267 e. The Hall–Kier alpha value is -1.05. The Kier molecular flexibility index (Phi) is 4.72. The molecule has 0 radical (unpaired) electrons. The van der Waals surface area contributed by atoms with Gasteiger partial charge in [-0.1, -0.05) is 0 Å². The molecule has 1 N–H and O–H groups in total. The Balaban J connectivity index is 2.10. The van der Waals surface area contributed by atoms with E-state index >= 15 is 0 Å². The van der Waals surface area contributed by atoms with Crippen molar-refractivity contribution in [3.8, 4) is 0 Å². The number of nitrogens with zero attached hydrogens (tertiary/aromatic N) is 1. The summed E-state index contributed by atoms with van der Waals surface area (Å²) in [7, 11) is 1.47. The number of carbonyl (C=O) groups excluding carboxylic acids is 1. The van der Waals surface area contributed by atoms with Crippen molar-refractivity contribution >= 4 is 25.6 Å². The van der Waals surface area contributed by atoms with E-state index in [1.54, 1.807) is 4.57 Å². The number of aromatic nitrogens is 1. The normalized spacial score (nSPS) is 19.2. The van der Waals surface area contributed by atoms with Crippen LogP contribution in [0.2, 0.25) is 0 Å². The average Bonchev–Trinajstić information content (AvgIpc) is 3.03. The molecule has 112 valence electrons. The van der Waals surface area contributed by atoms with Gasteiger partial charge in [0.15, 0.2) is 0 Å². The van der Waals surface area contributed by atoms with E-state index in [-0.39, 0.29) is 10.8 Å². The predicted octanol–water partition coefficient (Wildman–Crippen LogP) is 1.20. The Morgan fingerprint density at radius 2 is 2.35 bits per heavy atom. The molecule has 0 spiro atoms. The highest BCUT2D eigenvalue weighted by atomic mass is 35.7. The summed E-state index contributed by atoms with van der Waals surface area (Å²) in [5.74, 6) is 0.0190. The summed E-state index contributed by atoms with van der Waals surface area (Å²) in [6, 6.07) is 1.30. The highest BCUT2D eigenvalue weighted by molar-refractivity contribution is 8.13. The van der Waals surface area contributed by atoms with E-state index in [0.717, 1.165) is 13.0 Å². The summed E-state index contributed by atoms with van der Waals surface area (Å²) in [6.45, 7) is 4.21. The van der Waals surface area contributed by atoms with Crippen molar-refractivity contribution in [2.24, 2.45) is 5.92 Å². The first-order valence-corrected chi connectivity index (χ1v) is 8.73. The molecular weight excluding hydrogens is 304 g/mol. The Labute approximate surface area is 122 Å². The number of hydrogen-bond acceptors (Lipinski definition) is 4. The number of nitrogens with one attached hydrogen (secondary N) is 1. The van der Waals surface area contributed by atoms with Gasteiger partial charge in [0.1, 0.15) is 10.6 Å². The monoisotopic (exact) mass is 320 g/mol. The summed E-state index contributed by atoms with van der Waals surface area (Å²) in [5, 5.41) is 2.80. The van der Waals surface area contributed by atoms with Crippen molar-refractivity contribution in [3.63, 3.8) is 0 Å². The first-order chi connectivity index (χ1) is 9.41. The fraction of sp³-hybridized carbons (Fsp3) is 0.583. The van der Waals surface area contributed by atoms with Crippen LogP contribution in [0.25, 0.3) is 0 Å². The zero-order chi connectivity index (χ0) is 14.8. The molecular formula is C12H17ClN2O4S. The van der Waals surface area contributed by atoms with Gasteiger partial charge >= 0.3 is 0 Å². The van der Waals surface area contributed by atoms with Gasteiger partial charge in [-0.05, 0) is 19.4 Å². The maximum atomic E-state index is 12.1. The van der Waals surface area contributed by atoms with Crippen LogP contribution in [0.15, 0.2) is 17.2 Å². The number of hydrogen-bond donors (Lipinski definition) is 1. The highest BCUT2D eigenvalue weighted by Crippen LogP contribution is 2.19. The fourth-order valence-electron chi connectivity index (χ4n) is 2.14. The molecule has 8 heteroatoms. The third-order valence-electron chi connectivity index (χ3n) is 3.30. The van der Waals surface area contributed by atoms with Crippen LogP contribution in [0.1, 0.15) is 23.8 Å². The maximum absolute atomic E-state index is 12.1. The van der Waals surface area contributed by atoms with Crippen LogP contribution in [-0.4, -0.2) is 38.7 Å². The van der Waals surface area contributed by atoms with Gasteiger partial charge in [0.05, 0.1) is 6.61 Å². The van der Waals surface area contributed by atoms with Crippen LogP contribution in [0.4, 0.5) is 0 Å². The van der Waals surface area contributed by atoms with Gasteiger partial charge in [0, 0.05) is 42.5 Å². The lowest BCUT2D eigenvalue weighted by Gasteiger charge is -2.10. The van der Waals surface area contributed by atoms with Gasteiger partial charge in [-0.2, -0.15) is 0 Å². The average molecular weight is 321 g/mol. The smallest absolute Gasteiger partial charge is 0.267 e. The second-order valence-electron chi connectivity index (χ2n) is 4.72. The van der Waals surface area contributed by atoms with Crippen molar-refractivity contribution in [2.45, 2.75) is 24.8 Å². The van der Waals surface area contributed by atoms with Gasteiger partial charge in [-0.25, -0.2) is 8.42 Å². The number of rotatable bonds is 5. The molecule has 20 heavy (non-hydrogen) atoms. The summed E-state index contributed by atoms with van der Waals surface area (Å²) in [4.78, 5) is 12.1. The third kappa shape index (κ3) is 3.53. The van der Waals surface area contributed by atoms with Gasteiger partial charge in [-0.3, -0.25) is 4.79 Å². The molecule has 1 amide bonds. The number of amides is 1. The van der Waals surface area contributed by atoms with Gasteiger partial charge in [0.2, 0.25) is 0 Å². The second kappa shape index (κ2) is 6.15. The van der Waals surface area contributed by atoms with Crippen LogP contribution in [0, 0.1) is 5.92 Å². The zero-order valence-electron chi connectivity index (χ0n) is 11.1. The Bertz CT molecular complexity index is 591. The van der Waals surface area contributed by atoms with Gasteiger partial charge < -0.3 is 14.6 Å². The quantitative estimate of drug-likeness (QED) is 0.827. The van der Waals surface area contributed by atoms with E-state index in [0.29, 0.717) is 31.3 Å². The molecule has 6 nitrogen and oxygen atoms in total. The highest BCUT2D eigenvalue weighted by Gasteiger charge is 2.21. The topological polar surface area (TPSA) is 77.4 Å². The molecule has 1 fully saturated rings. The molecule has 2 rings (SSSR count). The minimum absolute atomic E-state index is 0.0598. The summed E-state index contributed by atoms with van der Waals surface area (Å²) >= 11 is 0. The molecule has 2 heterocycles. The van der Waals surface area contributed by atoms with E-state index < -0.39 is 9.05 Å². The number of ether oxygens (including phenoxy) is 1. The van der Waals surface area contributed by atoms with Crippen LogP contribution < -0.4 is 5.32 Å². The molecule has 1 aliphatic heterocycles. The van der Waals surface area contributed by atoms with Crippen LogP contribution >= 0.6 is 10.7 Å². The van der Waals surface area contributed by atoms with E-state index in [4.69, 9.17) is 15.4 Å². The molecule has 0 bridgehead atoms. The minimum Gasteiger partial charge on any atom is -0.381 e. The second-order valence-corrected chi connectivity index (χ2v) is 7.29. The minimum atomic E-state index is -3.83. The van der Waals surface area contributed by atoms with Gasteiger partial charge in [-0.15, -0.1) is 0 Å². The molecule has 1 aliphatic rings. The Morgan fingerprint density at radius 3 is 2.90 bits per heavy atom. The fourth-order valence-corrected chi connectivity index (χ4v) is 2.90. The molecule has 0 aliphatic carbocycles. The number of carbonyl (C=O) groups is 1. The standard InChI is InChI=1S/C12H17ClN2O4S/c1-2-15-7-10(20(13,17)18)5-11(15)12(16)14-6-9-3-4-19-8-9/h5,7,9H,2-4,6,8H2,1H3,(H,14,16). The lowest BCUT2D eigenvalue weighted by Crippen LogP contribution is -2.30. The molecule has 1 unspecified atom stereocenters. The van der Waals surface area contributed by atoms with Gasteiger partial charge in [0.25, 0.3) is 15.0 Å². The van der Waals surface area contributed by atoms with Crippen molar-refractivity contribution in [3.05, 3.63) is 18.0 Å². The first-order valence-electron chi connectivity index (χ1n) is 6.42. The number of halogens is 1. The summed E-state index contributed by atoms with van der Waals surface area (Å²) < 4.78 is 29.4. The molecule has 1 atom stereocenters. The zero-order valence-corrected chi connectivity index (χ0v) is 12.7. The van der Waals surface area contributed by atoms with Crippen molar-refractivity contribution in [2.75, 3.05) is 19.8 Å². The summed E-state index contributed by atoms with van der Waals surface area (Å²) in [6.07, 6.45) is 2.30. The van der Waals surface area contributed by atoms with Crippen molar-refractivity contribution in [1.29, 1.82) is 0 Å². The SMILES string of the molecule is CCn1cc(S(=O)(=O)Cl)cc1C(=O)NCC1CCOC1. The van der Waals surface area contributed by atoms with Crippen molar-refractivity contribution in [1.82, 2.24) is 9.88 Å². The molecule has 1 aromatic heterocycles. The van der Waals surface area contributed by atoms with Crippen LogP contribution in [-0.2, 0) is 20.3 Å². The molecule has 1 saturated heterocycles. The lowest BCUT2D eigenvalue weighted by molar-refractivity contribution is 0.0936. The van der Waals surface area contributed by atoms with E-state index in [1.807, 2.05) is 6.92 Å². The van der Waals surface area contributed by atoms with E-state index in [9.17, 15) is 13.2 Å². The van der Waals surface area contributed by atoms with E-state index in [2.05, 4.69) is 5.32 Å². The van der Waals surface area contributed by atoms with Crippen molar-refractivity contribution < 1.29 is 17.9 Å². The Morgan fingerprint density at radius 1 is 1.60 bits per heavy atom.